The van der Waals surface area contributed by atoms with Crippen LogP contribution in [0, 0.1) is 5.92 Å². The van der Waals surface area contributed by atoms with Crippen LogP contribution in [0.4, 0.5) is 0 Å². The average Bonchev–Trinajstić information content (AvgIpc) is 2.79. The number of aliphatic hydroxyl groups is 2. The zero-order chi connectivity index (χ0) is 11.8. The molecule has 0 heterocycles. The number of nitrogens with one attached hydrogen (secondary N) is 1. The van der Waals surface area contributed by atoms with Crippen LogP contribution >= 0.6 is 0 Å². The molecule has 1 saturated carbocycles. The van der Waals surface area contributed by atoms with Crippen LogP contribution in [-0.2, 0) is 4.74 Å². The minimum absolute atomic E-state index is 0.182. The number of hydrogen-bond acceptors (Lipinski definition) is 4. The third-order valence-electron chi connectivity index (χ3n) is 3.01. The van der Waals surface area contributed by atoms with E-state index in [2.05, 4.69) is 5.32 Å². The number of hydrogen-bond donors (Lipinski definition) is 3. The number of ether oxygens (including phenoxy) is 1. The Balaban J connectivity index is 1.95. The van der Waals surface area contributed by atoms with E-state index >= 15 is 0 Å². The van der Waals surface area contributed by atoms with Crippen LogP contribution in [-0.4, -0.2) is 48.7 Å². The van der Waals surface area contributed by atoms with Crippen molar-refractivity contribution < 1.29 is 14.9 Å². The first kappa shape index (κ1) is 13.9. The maximum Gasteiger partial charge on any atom is 0.0897 e. The minimum atomic E-state index is -0.438. The predicted molar refractivity (Wildman–Crippen MR) is 63.3 cm³/mol. The van der Waals surface area contributed by atoms with Crippen molar-refractivity contribution in [1.29, 1.82) is 0 Å². The first-order valence-electron chi connectivity index (χ1n) is 6.33. The molecule has 0 aliphatic heterocycles. The first-order valence-corrected chi connectivity index (χ1v) is 6.33. The summed E-state index contributed by atoms with van der Waals surface area (Å²) in [6, 6.07) is 0. The van der Waals surface area contributed by atoms with Crippen molar-refractivity contribution in [3.8, 4) is 0 Å². The Hall–Kier alpha value is -0.160. The summed E-state index contributed by atoms with van der Waals surface area (Å²) in [5, 5.41) is 21.6. The maximum atomic E-state index is 9.65. The van der Waals surface area contributed by atoms with Crippen LogP contribution in [0.3, 0.4) is 0 Å². The van der Waals surface area contributed by atoms with Crippen LogP contribution < -0.4 is 5.32 Å². The van der Waals surface area contributed by atoms with Gasteiger partial charge < -0.3 is 20.3 Å². The van der Waals surface area contributed by atoms with E-state index in [1.54, 1.807) is 0 Å². The van der Waals surface area contributed by atoms with E-state index in [9.17, 15) is 5.11 Å². The van der Waals surface area contributed by atoms with Gasteiger partial charge in [-0.3, -0.25) is 0 Å². The third kappa shape index (κ3) is 5.80. The van der Waals surface area contributed by atoms with Gasteiger partial charge in [-0.2, -0.15) is 0 Å². The zero-order valence-electron chi connectivity index (χ0n) is 10.2. The van der Waals surface area contributed by atoms with Gasteiger partial charge in [-0.1, -0.05) is 19.8 Å². The highest BCUT2D eigenvalue weighted by Gasteiger charge is 2.16. The second kappa shape index (κ2) is 8.01. The summed E-state index contributed by atoms with van der Waals surface area (Å²) in [6.07, 6.45) is 4.72. The molecule has 3 N–H and O–H groups in total. The van der Waals surface area contributed by atoms with Crippen LogP contribution in [0.1, 0.15) is 32.6 Å². The summed E-state index contributed by atoms with van der Waals surface area (Å²) in [7, 11) is 0. The Labute approximate surface area is 98.0 Å². The van der Waals surface area contributed by atoms with E-state index in [1.165, 1.54) is 12.8 Å². The van der Waals surface area contributed by atoms with E-state index < -0.39 is 6.10 Å². The van der Waals surface area contributed by atoms with E-state index in [-0.39, 0.29) is 12.5 Å². The second-order valence-electron chi connectivity index (χ2n) is 4.84. The lowest BCUT2D eigenvalue weighted by Gasteiger charge is -2.17. The van der Waals surface area contributed by atoms with E-state index in [0.717, 1.165) is 19.4 Å². The minimum Gasteiger partial charge on any atom is -0.396 e. The van der Waals surface area contributed by atoms with Gasteiger partial charge in [0.15, 0.2) is 0 Å². The molecule has 0 saturated heterocycles. The summed E-state index contributed by atoms with van der Waals surface area (Å²) in [6.45, 7) is 3.84. The first-order chi connectivity index (χ1) is 7.72. The summed E-state index contributed by atoms with van der Waals surface area (Å²) in [5.41, 5.74) is 0. The zero-order valence-corrected chi connectivity index (χ0v) is 10.2. The smallest absolute Gasteiger partial charge is 0.0897 e. The molecule has 0 spiro atoms. The van der Waals surface area contributed by atoms with Gasteiger partial charge in [0.25, 0.3) is 0 Å². The Morgan fingerprint density at radius 3 is 2.62 bits per heavy atom. The fourth-order valence-corrected chi connectivity index (χ4v) is 1.92. The Morgan fingerprint density at radius 2 is 2.00 bits per heavy atom. The highest BCUT2D eigenvalue weighted by atomic mass is 16.5. The third-order valence-corrected chi connectivity index (χ3v) is 3.01. The lowest BCUT2D eigenvalue weighted by atomic mass is 10.2. The van der Waals surface area contributed by atoms with Crippen LogP contribution in [0.5, 0.6) is 0 Å². The molecule has 96 valence electrons. The molecular weight excluding hydrogens is 206 g/mol. The summed E-state index contributed by atoms with van der Waals surface area (Å²) < 4.78 is 5.61. The quantitative estimate of drug-likeness (QED) is 0.570. The fraction of sp³-hybridized carbons (Fsp3) is 1.00. The topological polar surface area (TPSA) is 61.7 Å². The van der Waals surface area contributed by atoms with Crippen LogP contribution in [0.15, 0.2) is 0 Å². The summed E-state index contributed by atoms with van der Waals surface area (Å²) in [4.78, 5) is 0. The molecule has 16 heavy (non-hydrogen) atoms. The van der Waals surface area contributed by atoms with E-state index in [0.29, 0.717) is 19.3 Å². The molecular formula is C12H25NO3. The van der Waals surface area contributed by atoms with Crippen molar-refractivity contribution in [3.63, 3.8) is 0 Å². The van der Waals surface area contributed by atoms with Crippen LogP contribution in [0.2, 0.25) is 0 Å². The second-order valence-corrected chi connectivity index (χ2v) is 4.84. The summed E-state index contributed by atoms with van der Waals surface area (Å²) in [5.74, 6) is 0.239. The molecule has 0 aromatic heterocycles. The van der Waals surface area contributed by atoms with Crippen molar-refractivity contribution in [2.24, 2.45) is 5.92 Å². The lowest BCUT2D eigenvalue weighted by Crippen LogP contribution is -2.34. The monoisotopic (exact) mass is 231 g/mol. The molecule has 0 radical (unpaired) electrons. The van der Waals surface area contributed by atoms with Crippen molar-refractivity contribution in [1.82, 2.24) is 5.32 Å². The Kier molecular flexibility index (Phi) is 6.96. The van der Waals surface area contributed by atoms with Gasteiger partial charge in [0, 0.05) is 13.2 Å². The van der Waals surface area contributed by atoms with Gasteiger partial charge in [0.2, 0.25) is 0 Å². The standard InChI is InChI=1S/C12H25NO3/c1-10(8-14)6-13-7-11(15)9-16-12-4-2-3-5-12/h10-15H,2-9H2,1H3. The van der Waals surface area contributed by atoms with Gasteiger partial charge >= 0.3 is 0 Å². The number of rotatable bonds is 8. The van der Waals surface area contributed by atoms with Gasteiger partial charge in [-0.15, -0.1) is 0 Å². The molecule has 1 aliphatic rings. The highest BCUT2D eigenvalue weighted by molar-refractivity contribution is 4.68. The van der Waals surface area contributed by atoms with Gasteiger partial charge in [-0.05, 0) is 25.3 Å². The van der Waals surface area contributed by atoms with E-state index in [4.69, 9.17) is 9.84 Å². The molecule has 0 aromatic rings. The lowest BCUT2D eigenvalue weighted by molar-refractivity contribution is -0.00571. The molecule has 2 atom stereocenters. The molecule has 2 unspecified atom stereocenters. The largest absolute Gasteiger partial charge is 0.396 e. The van der Waals surface area contributed by atoms with E-state index in [1.807, 2.05) is 6.92 Å². The predicted octanol–water partition coefficient (Wildman–Crippen LogP) is 0.524. The molecule has 1 aliphatic carbocycles. The Morgan fingerprint density at radius 1 is 1.31 bits per heavy atom. The van der Waals surface area contributed by atoms with Crippen molar-refractivity contribution in [3.05, 3.63) is 0 Å². The molecule has 0 amide bonds. The molecule has 4 heteroatoms. The molecule has 1 fully saturated rings. The Bertz CT molecular complexity index is 172. The van der Waals surface area contributed by atoms with Crippen molar-refractivity contribution in [2.75, 3.05) is 26.3 Å². The highest BCUT2D eigenvalue weighted by Crippen LogP contribution is 2.20. The van der Waals surface area contributed by atoms with Gasteiger partial charge in [-0.25, -0.2) is 0 Å². The van der Waals surface area contributed by atoms with Gasteiger partial charge in [0.05, 0.1) is 18.8 Å². The molecule has 0 aromatic carbocycles. The van der Waals surface area contributed by atoms with Crippen molar-refractivity contribution >= 4 is 0 Å². The number of aliphatic hydroxyl groups excluding tert-OH is 2. The molecule has 1 rings (SSSR count). The average molecular weight is 231 g/mol. The normalized spacial score (nSPS) is 21.2. The SMILES string of the molecule is CC(CO)CNCC(O)COC1CCCC1. The van der Waals surface area contributed by atoms with Gasteiger partial charge in [0.1, 0.15) is 0 Å². The van der Waals surface area contributed by atoms with Crippen molar-refractivity contribution in [2.45, 2.75) is 44.8 Å². The molecule has 0 bridgehead atoms. The molecule has 4 nitrogen and oxygen atoms in total. The maximum absolute atomic E-state index is 9.65. The summed E-state index contributed by atoms with van der Waals surface area (Å²) >= 11 is 0. The fourth-order valence-electron chi connectivity index (χ4n) is 1.92. The van der Waals surface area contributed by atoms with Crippen LogP contribution in [0.25, 0.3) is 0 Å².